The zero-order chi connectivity index (χ0) is 19.0. The van der Waals surface area contributed by atoms with E-state index in [1.807, 2.05) is 30.3 Å². The van der Waals surface area contributed by atoms with Crippen LogP contribution >= 0.6 is 0 Å². The Hall–Kier alpha value is -2.14. The van der Waals surface area contributed by atoms with Gasteiger partial charge in [-0.1, -0.05) is 36.4 Å². The molecule has 10 heteroatoms. The van der Waals surface area contributed by atoms with Gasteiger partial charge in [-0.25, -0.2) is 13.6 Å². The van der Waals surface area contributed by atoms with Crippen LogP contribution in [0.1, 0.15) is 12.0 Å². The lowest BCUT2D eigenvalue weighted by atomic mass is 10.2. The molecule has 0 unspecified atom stereocenters. The average Bonchev–Trinajstić information content (AvgIpc) is 2.53. The topological polar surface area (TPSA) is 128 Å². The Bertz CT molecular complexity index is 916. The molecular weight excluding hydrogens is 378 g/mol. The first-order chi connectivity index (χ1) is 12.2. The van der Waals surface area contributed by atoms with Crippen LogP contribution in [0.5, 0.6) is 0 Å². The van der Waals surface area contributed by atoms with Crippen molar-refractivity contribution in [3.63, 3.8) is 0 Å². The summed E-state index contributed by atoms with van der Waals surface area (Å²) < 4.78 is 56.2. The standard InChI is InChI=1S/C16H21N3O5S2/c17-26(22,23)19-16-9-4-8-15(12-16)18-25(20,21)11-5-10-24-13-14-6-2-1-3-7-14/h1-4,6-9,12,18-19H,5,10-11,13H2,(H2,17,22,23). The van der Waals surface area contributed by atoms with Crippen LogP contribution in [-0.2, 0) is 31.6 Å². The highest BCUT2D eigenvalue weighted by atomic mass is 32.2. The molecule has 0 saturated carbocycles. The third-order valence-electron chi connectivity index (χ3n) is 3.21. The van der Waals surface area contributed by atoms with Gasteiger partial charge in [-0.05, 0) is 30.2 Å². The molecule has 2 rings (SSSR count). The van der Waals surface area contributed by atoms with E-state index >= 15 is 0 Å². The second kappa shape index (κ2) is 8.99. The first kappa shape index (κ1) is 20.2. The molecule has 0 fully saturated rings. The van der Waals surface area contributed by atoms with Crippen molar-refractivity contribution >= 4 is 31.6 Å². The molecule has 0 aliphatic carbocycles. The van der Waals surface area contributed by atoms with Gasteiger partial charge in [-0.2, -0.15) is 8.42 Å². The van der Waals surface area contributed by atoms with Crippen molar-refractivity contribution in [1.82, 2.24) is 0 Å². The van der Waals surface area contributed by atoms with Gasteiger partial charge in [0.2, 0.25) is 10.0 Å². The fourth-order valence-corrected chi connectivity index (χ4v) is 3.70. The highest BCUT2D eigenvalue weighted by Gasteiger charge is 2.11. The minimum absolute atomic E-state index is 0.116. The number of ether oxygens (including phenoxy) is 1. The number of sulfonamides is 1. The fraction of sp³-hybridized carbons (Fsp3) is 0.250. The molecule has 0 atom stereocenters. The minimum atomic E-state index is -3.92. The number of nitrogens with two attached hydrogens (primary N) is 1. The van der Waals surface area contributed by atoms with Crippen molar-refractivity contribution in [2.45, 2.75) is 13.0 Å². The summed E-state index contributed by atoms with van der Waals surface area (Å²) >= 11 is 0. The van der Waals surface area contributed by atoms with Crippen molar-refractivity contribution in [3.05, 3.63) is 60.2 Å². The molecule has 2 aromatic carbocycles. The maximum atomic E-state index is 12.1. The van der Waals surface area contributed by atoms with Crippen LogP contribution in [0.25, 0.3) is 0 Å². The molecule has 8 nitrogen and oxygen atoms in total. The largest absolute Gasteiger partial charge is 0.377 e. The molecule has 0 amide bonds. The maximum Gasteiger partial charge on any atom is 0.296 e. The first-order valence-electron chi connectivity index (χ1n) is 7.76. The van der Waals surface area contributed by atoms with Crippen molar-refractivity contribution < 1.29 is 21.6 Å². The van der Waals surface area contributed by atoms with E-state index in [0.717, 1.165) is 5.56 Å². The smallest absolute Gasteiger partial charge is 0.296 e. The van der Waals surface area contributed by atoms with E-state index in [2.05, 4.69) is 9.44 Å². The lowest BCUT2D eigenvalue weighted by molar-refractivity contribution is 0.122. The SMILES string of the molecule is NS(=O)(=O)Nc1cccc(NS(=O)(=O)CCCOCc2ccccc2)c1. The van der Waals surface area contributed by atoms with Gasteiger partial charge in [-0.3, -0.25) is 9.44 Å². The highest BCUT2D eigenvalue weighted by molar-refractivity contribution is 7.92. The Morgan fingerprint density at radius 1 is 0.885 bits per heavy atom. The van der Waals surface area contributed by atoms with E-state index in [1.54, 1.807) is 0 Å². The summed E-state index contributed by atoms with van der Waals surface area (Å²) in [5.74, 6) is -0.116. The summed E-state index contributed by atoms with van der Waals surface area (Å²) in [5.41, 5.74) is 1.43. The van der Waals surface area contributed by atoms with E-state index in [1.165, 1.54) is 24.3 Å². The summed E-state index contributed by atoms with van der Waals surface area (Å²) in [6, 6.07) is 15.4. The molecule has 0 bridgehead atoms. The van der Waals surface area contributed by atoms with Crippen LogP contribution in [0, 0.1) is 0 Å². The molecule has 0 aliphatic heterocycles. The predicted octanol–water partition coefficient (Wildman–Crippen LogP) is 1.65. The van der Waals surface area contributed by atoms with Crippen molar-refractivity contribution in [1.29, 1.82) is 0 Å². The molecule has 0 radical (unpaired) electrons. The Morgan fingerprint density at radius 2 is 1.54 bits per heavy atom. The van der Waals surface area contributed by atoms with Gasteiger partial charge in [0.15, 0.2) is 0 Å². The van der Waals surface area contributed by atoms with Gasteiger partial charge in [0.05, 0.1) is 23.7 Å². The zero-order valence-electron chi connectivity index (χ0n) is 14.0. The third kappa shape index (κ3) is 7.83. The first-order valence-corrected chi connectivity index (χ1v) is 11.0. The summed E-state index contributed by atoms with van der Waals surface area (Å²) in [4.78, 5) is 0. The summed E-state index contributed by atoms with van der Waals surface area (Å²) in [6.07, 6.45) is 0.331. The Morgan fingerprint density at radius 3 is 2.19 bits per heavy atom. The third-order valence-corrected chi connectivity index (χ3v) is 5.10. The fourth-order valence-electron chi connectivity index (χ4n) is 2.16. The summed E-state index contributed by atoms with van der Waals surface area (Å²) in [6.45, 7) is 0.735. The van der Waals surface area contributed by atoms with E-state index in [0.29, 0.717) is 19.6 Å². The van der Waals surface area contributed by atoms with Crippen LogP contribution in [0.3, 0.4) is 0 Å². The van der Waals surface area contributed by atoms with Gasteiger partial charge in [-0.15, -0.1) is 0 Å². The molecule has 0 spiro atoms. The number of rotatable bonds is 10. The zero-order valence-corrected chi connectivity index (χ0v) is 15.6. The molecule has 142 valence electrons. The van der Waals surface area contributed by atoms with Gasteiger partial charge in [0, 0.05) is 6.61 Å². The van der Waals surface area contributed by atoms with E-state index in [-0.39, 0.29) is 17.1 Å². The molecule has 0 heterocycles. The van der Waals surface area contributed by atoms with Gasteiger partial charge < -0.3 is 4.74 Å². The van der Waals surface area contributed by atoms with Gasteiger partial charge >= 0.3 is 0 Å². The average molecular weight is 399 g/mol. The van der Waals surface area contributed by atoms with Crippen LogP contribution in [0.2, 0.25) is 0 Å². The number of hydrogen-bond donors (Lipinski definition) is 3. The number of hydrogen-bond acceptors (Lipinski definition) is 5. The van der Waals surface area contributed by atoms with Crippen LogP contribution < -0.4 is 14.6 Å². The lowest BCUT2D eigenvalue weighted by Gasteiger charge is -2.10. The molecule has 2 aromatic rings. The van der Waals surface area contributed by atoms with E-state index in [4.69, 9.17) is 9.88 Å². The molecule has 4 N–H and O–H groups in total. The van der Waals surface area contributed by atoms with Crippen LogP contribution in [-0.4, -0.2) is 29.2 Å². The lowest BCUT2D eigenvalue weighted by Crippen LogP contribution is -2.22. The Labute approximate surface area is 153 Å². The maximum absolute atomic E-state index is 12.1. The summed E-state index contributed by atoms with van der Waals surface area (Å²) in [7, 11) is -7.50. The number of nitrogens with one attached hydrogen (secondary N) is 2. The molecule has 26 heavy (non-hydrogen) atoms. The second-order valence-electron chi connectivity index (χ2n) is 5.54. The molecule has 0 aliphatic rings. The van der Waals surface area contributed by atoms with Gasteiger partial charge in [0.25, 0.3) is 10.2 Å². The normalized spacial score (nSPS) is 11.9. The minimum Gasteiger partial charge on any atom is -0.377 e. The predicted molar refractivity (Wildman–Crippen MR) is 101 cm³/mol. The van der Waals surface area contributed by atoms with Crippen LogP contribution in [0.15, 0.2) is 54.6 Å². The second-order valence-corrected chi connectivity index (χ2v) is 8.68. The molecular formula is C16H21N3O5S2. The monoisotopic (exact) mass is 399 g/mol. The highest BCUT2D eigenvalue weighted by Crippen LogP contribution is 2.17. The van der Waals surface area contributed by atoms with Crippen molar-refractivity contribution in [3.8, 4) is 0 Å². The van der Waals surface area contributed by atoms with Crippen molar-refractivity contribution in [2.24, 2.45) is 5.14 Å². The van der Waals surface area contributed by atoms with Crippen LogP contribution in [0.4, 0.5) is 11.4 Å². The Balaban J connectivity index is 1.80. The number of benzene rings is 2. The van der Waals surface area contributed by atoms with Crippen molar-refractivity contribution in [2.75, 3.05) is 21.8 Å². The quantitative estimate of drug-likeness (QED) is 0.524. The van der Waals surface area contributed by atoms with E-state index in [9.17, 15) is 16.8 Å². The van der Waals surface area contributed by atoms with E-state index < -0.39 is 20.2 Å². The number of anilines is 2. The summed E-state index contributed by atoms with van der Waals surface area (Å²) in [5, 5.41) is 4.89. The molecule has 0 saturated heterocycles. The van der Waals surface area contributed by atoms with Gasteiger partial charge in [0.1, 0.15) is 0 Å². The Kier molecular flexibility index (Phi) is 6.98. The molecule has 0 aromatic heterocycles.